The van der Waals surface area contributed by atoms with Crippen LogP contribution in [0.25, 0.3) is 0 Å². The Bertz CT molecular complexity index is 758. The summed E-state index contributed by atoms with van der Waals surface area (Å²) in [6, 6.07) is 6.09. The van der Waals surface area contributed by atoms with E-state index < -0.39 is 10.0 Å². The average molecular weight is 328 g/mol. The Morgan fingerprint density at radius 3 is 2.48 bits per heavy atom. The molecule has 0 bridgehead atoms. The number of anilines is 1. The van der Waals surface area contributed by atoms with Crippen molar-refractivity contribution in [2.24, 2.45) is 0 Å². The molecule has 2 aromatic rings. The Morgan fingerprint density at radius 1 is 1.19 bits per heavy atom. The third kappa shape index (κ3) is 3.62. The van der Waals surface area contributed by atoms with E-state index in [1.165, 1.54) is 25.3 Å². The van der Waals surface area contributed by atoms with Gasteiger partial charge in [0.1, 0.15) is 10.9 Å². The van der Waals surface area contributed by atoms with Gasteiger partial charge in [-0.3, -0.25) is 0 Å². The van der Waals surface area contributed by atoms with Crippen LogP contribution >= 0.6 is 11.6 Å². The second kappa shape index (κ2) is 5.87. The van der Waals surface area contributed by atoms with Gasteiger partial charge in [-0.25, -0.2) is 23.1 Å². The van der Waals surface area contributed by atoms with Crippen LogP contribution in [0.4, 0.5) is 5.95 Å². The van der Waals surface area contributed by atoms with Crippen molar-refractivity contribution < 1.29 is 13.2 Å². The molecule has 8 heteroatoms. The fraction of sp³-hybridized carbons (Fsp3) is 0.231. The number of benzene rings is 1. The zero-order valence-electron chi connectivity index (χ0n) is 11.7. The second-order valence-corrected chi connectivity index (χ2v) is 6.46. The van der Waals surface area contributed by atoms with Crippen molar-refractivity contribution in [3.8, 4) is 5.75 Å². The quantitative estimate of drug-likeness (QED) is 0.873. The van der Waals surface area contributed by atoms with E-state index in [4.69, 9.17) is 16.3 Å². The predicted molar refractivity (Wildman–Crippen MR) is 80.3 cm³/mol. The van der Waals surface area contributed by atoms with Crippen molar-refractivity contribution in [1.82, 2.24) is 9.97 Å². The van der Waals surface area contributed by atoms with Crippen LogP contribution < -0.4 is 9.46 Å². The molecule has 1 heterocycles. The van der Waals surface area contributed by atoms with Gasteiger partial charge in [0.2, 0.25) is 5.95 Å². The van der Waals surface area contributed by atoms with E-state index in [2.05, 4.69) is 14.7 Å². The second-order valence-electron chi connectivity index (χ2n) is 4.39. The number of nitrogens with one attached hydrogen (secondary N) is 1. The molecule has 0 spiro atoms. The SMILES string of the molecule is COc1ccc(S(=O)(=O)Nc2nc(C)cc(Cl)n2)cc1C. The smallest absolute Gasteiger partial charge is 0.264 e. The van der Waals surface area contributed by atoms with Crippen molar-refractivity contribution in [3.05, 3.63) is 40.7 Å². The van der Waals surface area contributed by atoms with Crippen LogP contribution in [-0.2, 0) is 10.0 Å². The third-order valence-electron chi connectivity index (χ3n) is 2.73. The van der Waals surface area contributed by atoms with Crippen LogP contribution in [0.15, 0.2) is 29.2 Å². The van der Waals surface area contributed by atoms with Crippen LogP contribution in [0.5, 0.6) is 5.75 Å². The van der Waals surface area contributed by atoms with Gasteiger partial charge >= 0.3 is 0 Å². The van der Waals surface area contributed by atoms with Crippen molar-refractivity contribution >= 4 is 27.6 Å². The number of rotatable bonds is 4. The van der Waals surface area contributed by atoms with Gasteiger partial charge in [-0.1, -0.05) is 11.6 Å². The normalized spacial score (nSPS) is 11.2. The molecular formula is C13H14ClN3O3S. The summed E-state index contributed by atoms with van der Waals surface area (Å²) in [5.41, 5.74) is 1.28. The first-order valence-electron chi connectivity index (χ1n) is 6.00. The molecule has 0 aliphatic carbocycles. The van der Waals surface area contributed by atoms with Crippen LogP contribution in [0.3, 0.4) is 0 Å². The largest absolute Gasteiger partial charge is 0.496 e. The fourth-order valence-electron chi connectivity index (χ4n) is 1.77. The Hall–Kier alpha value is -1.86. The molecule has 1 aromatic carbocycles. The van der Waals surface area contributed by atoms with Gasteiger partial charge < -0.3 is 4.74 Å². The van der Waals surface area contributed by atoms with Gasteiger partial charge in [-0.05, 0) is 43.7 Å². The lowest BCUT2D eigenvalue weighted by Gasteiger charge is -2.10. The van der Waals surface area contributed by atoms with E-state index >= 15 is 0 Å². The van der Waals surface area contributed by atoms with Crippen LogP contribution in [0.1, 0.15) is 11.3 Å². The summed E-state index contributed by atoms with van der Waals surface area (Å²) in [4.78, 5) is 7.93. The lowest BCUT2D eigenvalue weighted by atomic mass is 10.2. The Labute approximate surface area is 128 Å². The van der Waals surface area contributed by atoms with E-state index in [0.29, 0.717) is 17.0 Å². The molecule has 0 fully saturated rings. The maximum absolute atomic E-state index is 12.3. The van der Waals surface area contributed by atoms with Crippen molar-refractivity contribution in [1.29, 1.82) is 0 Å². The van der Waals surface area contributed by atoms with Crippen LogP contribution in [-0.4, -0.2) is 25.5 Å². The lowest BCUT2D eigenvalue weighted by molar-refractivity contribution is 0.411. The van der Waals surface area contributed by atoms with E-state index in [1.54, 1.807) is 19.9 Å². The molecule has 0 saturated heterocycles. The summed E-state index contributed by atoms with van der Waals surface area (Å²) in [6.45, 7) is 3.46. The topological polar surface area (TPSA) is 81.2 Å². The summed E-state index contributed by atoms with van der Waals surface area (Å²) in [5.74, 6) is 0.553. The summed E-state index contributed by atoms with van der Waals surface area (Å²) in [7, 11) is -2.26. The van der Waals surface area contributed by atoms with E-state index in [0.717, 1.165) is 0 Å². The molecule has 1 N–H and O–H groups in total. The molecule has 0 radical (unpaired) electrons. The number of aryl methyl sites for hydroxylation is 2. The first-order valence-corrected chi connectivity index (χ1v) is 7.86. The molecule has 0 aliphatic heterocycles. The number of nitrogens with zero attached hydrogens (tertiary/aromatic N) is 2. The Morgan fingerprint density at radius 2 is 1.90 bits per heavy atom. The fourth-order valence-corrected chi connectivity index (χ4v) is 3.04. The first-order chi connectivity index (χ1) is 9.81. The summed E-state index contributed by atoms with van der Waals surface area (Å²) >= 11 is 5.79. The molecule has 21 heavy (non-hydrogen) atoms. The predicted octanol–water partition coefficient (Wildman–Crippen LogP) is 2.56. The number of hydrogen-bond donors (Lipinski definition) is 1. The van der Waals surface area contributed by atoms with Crippen molar-refractivity contribution in [2.45, 2.75) is 18.7 Å². The Kier molecular flexibility index (Phi) is 4.34. The monoisotopic (exact) mass is 327 g/mol. The molecule has 0 atom stereocenters. The average Bonchev–Trinajstić information content (AvgIpc) is 2.36. The number of aromatic nitrogens is 2. The minimum atomic E-state index is -3.78. The molecule has 6 nitrogen and oxygen atoms in total. The highest BCUT2D eigenvalue weighted by Crippen LogP contribution is 2.22. The highest BCUT2D eigenvalue weighted by molar-refractivity contribution is 7.92. The number of ether oxygens (including phenoxy) is 1. The maximum Gasteiger partial charge on any atom is 0.264 e. The molecule has 0 amide bonds. The summed E-state index contributed by atoms with van der Waals surface area (Å²) in [5, 5.41) is 0.172. The van der Waals surface area contributed by atoms with Gasteiger partial charge in [-0.2, -0.15) is 0 Å². The van der Waals surface area contributed by atoms with Gasteiger partial charge in [0, 0.05) is 5.69 Å². The number of hydrogen-bond acceptors (Lipinski definition) is 5. The third-order valence-corrected chi connectivity index (χ3v) is 4.24. The minimum Gasteiger partial charge on any atom is -0.496 e. The Balaban J connectivity index is 2.36. The number of halogens is 1. The number of methoxy groups -OCH3 is 1. The zero-order chi connectivity index (χ0) is 15.6. The zero-order valence-corrected chi connectivity index (χ0v) is 13.3. The minimum absolute atomic E-state index is 0.0616. The van der Waals surface area contributed by atoms with Gasteiger partial charge in [-0.15, -0.1) is 0 Å². The van der Waals surface area contributed by atoms with Crippen LogP contribution in [0, 0.1) is 13.8 Å². The van der Waals surface area contributed by atoms with Crippen molar-refractivity contribution in [3.63, 3.8) is 0 Å². The highest BCUT2D eigenvalue weighted by atomic mass is 35.5. The summed E-state index contributed by atoms with van der Waals surface area (Å²) < 4.78 is 32.0. The van der Waals surface area contributed by atoms with E-state index in [1.807, 2.05) is 0 Å². The molecule has 1 aromatic heterocycles. The molecule has 112 valence electrons. The van der Waals surface area contributed by atoms with Crippen LogP contribution in [0.2, 0.25) is 5.15 Å². The van der Waals surface area contributed by atoms with Gasteiger partial charge in [0.15, 0.2) is 0 Å². The molecule has 0 aliphatic rings. The standard InChI is InChI=1S/C13H14ClN3O3S/c1-8-6-10(4-5-11(8)20-3)21(18,19)17-13-15-9(2)7-12(14)16-13/h4-7H,1-3H3,(H,15,16,17). The molecule has 0 unspecified atom stereocenters. The number of sulfonamides is 1. The van der Waals surface area contributed by atoms with E-state index in [9.17, 15) is 8.42 Å². The highest BCUT2D eigenvalue weighted by Gasteiger charge is 2.17. The summed E-state index contributed by atoms with van der Waals surface area (Å²) in [6.07, 6.45) is 0. The van der Waals surface area contributed by atoms with Gasteiger partial charge in [0.05, 0.1) is 12.0 Å². The van der Waals surface area contributed by atoms with E-state index in [-0.39, 0.29) is 16.0 Å². The van der Waals surface area contributed by atoms with Gasteiger partial charge in [0.25, 0.3) is 10.0 Å². The molecule has 2 rings (SSSR count). The molecule has 0 saturated carbocycles. The maximum atomic E-state index is 12.3. The first kappa shape index (κ1) is 15.5. The van der Waals surface area contributed by atoms with Crippen molar-refractivity contribution in [2.75, 3.05) is 11.8 Å². The lowest BCUT2D eigenvalue weighted by Crippen LogP contribution is -2.15. The molecular weight excluding hydrogens is 314 g/mol.